The summed E-state index contributed by atoms with van der Waals surface area (Å²) in [5.74, 6) is -0.222. The van der Waals surface area contributed by atoms with E-state index in [0.717, 1.165) is 34.5 Å². The molecular weight excluding hydrogens is 406 g/mol. The van der Waals surface area contributed by atoms with Crippen LogP contribution in [0.3, 0.4) is 0 Å². The van der Waals surface area contributed by atoms with Gasteiger partial charge in [-0.05, 0) is 43.2 Å². The third kappa shape index (κ3) is 4.19. The van der Waals surface area contributed by atoms with E-state index in [0.29, 0.717) is 25.2 Å². The molecular formula is C21H23N3O3S2. The van der Waals surface area contributed by atoms with Crippen LogP contribution < -0.4 is 0 Å². The number of carbonyl (C=O) groups excluding carboxylic acids is 1. The van der Waals surface area contributed by atoms with E-state index in [2.05, 4.69) is 4.98 Å². The van der Waals surface area contributed by atoms with Crippen LogP contribution in [-0.4, -0.2) is 48.7 Å². The Morgan fingerprint density at radius 3 is 2.62 bits per heavy atom. The van der Waals surface area contributed by atoms with E-state index in [1.165, 1.54) is 10.4 Å². The standard InChI is InChI=1S/C21H23N3O3S2/c1-23(15-20-22-18-10-3-4-11-19(18)28-20)21(25)16-8-7-9-17(14-16)29(26,27)24-12-5-2-6-13-24/h3-4,7-11,14H,2,5-6,12-13,15H2,1H3. The summed E-state index contributed by atoms with van der Waals surface area (Å²) in [6.45, 7) is 1.46. The summed E-state index contributed by atoms with van der Waals surface area (Å²) in [5, 5.41) is 0.846. The summed E-state index contributed by atoms with van der Waals surface area (Å²) >= 11 is 1.56. The topological polar surface area (TPSA) is 70.6 Å². The zero-order valence-corrected chi connectivity index (χ0v) is 17.9. The van der Waals surface area contributed by atoms with Crippen molar-refractivity contribution in [1.82, 2.24) is 14.2 Å². The van der Waals surface area contributed by atoms with Gasteiger partial charge in [-0.2, -0.15) is 4.31 Å². The second-order valence-electron chi connectivity index (χ2n) is 7.23. The van der Waals surface area contributed by atoms with Crippen LogP contribution in [0.5, 0.6) is 0 Å². The van der Waals surface area contributed by atoms with Gasteiger partial charge < -0.3 is 4.90 Å². The van der Waals surface area contributed by atoms with Crippen molar-refractivity contribution in [2.45, 2.75) is 30.7 Å². The molecule has 0 atom stereocenters. The summed E-state index contributed by atoms with van der Waals surface area (Å²) in [4.78, 5) is 19.2. The molecule has 6 nitrogen and oxygen atoms in total. The Labute approximate surface area is 174 Å². The van der Waals surface area contributed by atoms with Gasteiger partial charge >= 0.3 is 0 Å². The molecule has 1 aromatic heterocycles. The summed E-state index contributed by atoms with van der Waals surface area (Å²) < 4.78 is 28.4. The van der Waals surface area contributed by atoms with Crippen LogP contribution >= 0.6 is 11.3 Å². The van der Waals surface area contributed by atoms with E-state index in [9.17, 15) is 13.2 Å². The van der Waals surface area contributed by atoms with Gasteiger partial charge in [-0.1, -0.05) is 24.6 Å². The molecule has 1 amide bonds. The number of fused-ring (bicyclic) bond motifs is 1. The highest BCUT2D eigenvalue weighted by molar-refractivity contribution is 7.89. The number of sulfonamides is 1. The minimum atomic E-state index is -3.57. The van der Waals surface area contributed by atoms with Crippen molar-refractivity contribution in [3.63, 3.8) is 0 Å². The quantitative estimate of drug-likeness (QED) is 0.619. The number of carbonyl (C=O) groups is 1. The molecule has 0 saturated carbocycles. The monoisotopic (exact) mass is 429 g/mol. The fraction of sp³-hybridized carbons (Fsp3) is 0.333. The summed E-state index contributed by atoms with van der Waals surface area (Å²) in [5.41, 5.74) is 1.29. The lowest BCUT2D eigenvalue weighted by Gasteiger charge is -2.26. The largest absolute Gasteiger partial charge is 0.335 e. The Hall–Kier alpha value is -2.29. The minimum absolute atomic E-state index is 0.179. The van der Waals surface area contributed by atoms with E-state index in [1.54, 1.807) is 41.5 Å². The molecule has 1 aliphatic rings. The van der Waals surface area contributed by atoms with Crippen LogP contribution in [0, 0.1) is 0 Å². The van der Waals surface area contributed by atoms with Gasteiger partial charge in [0.1, 0.15) is 5.01 Å². The molecule has 3 aromatic rings. The van der Waals surface area contributed by atoms with Gasteiger partial charge in [0.25, 0.3) is 5.91 Å². The highest BCUT2D eigenvalue weighted by Gasteiger charge is 2.27. The van der Waals surface area contributed by atoms with E-state index in [4.69, 9.17) is 0 Å². The summed E-state index contributed by atoms with van der Waals surface area (Å²) in [6, 6.07) is 14.2. The maximum absolute atomic E-state index is 12.9. The zero-order chi connectivity index (χ0) is 20.4. The molecule has 0 spiro atoms. The molecule has 0 N–H and O–H groups in total. The van der Waals surface area contributed by atoms with Crippen molar-refractivity contribution in [2.75, 3.05) is 20.1 Å². The van der Waals surface area contributed by atoms with Gasteiger partial charge in [-0.3, -0.25) is 4.79 Å². The number of hydrogen-bond acceptors (Lipinski definition) is 5. The van der Waals surface area contributed by atoms with Gasteiger partial charge in [0.2, 0.25) is 10.0 Å². The number of thiazole rings is 1. The first-order valence-corrected chi connectivity index (χ1v) is 11.9. The van der Waals surface area contributed by atoms with E-state index < -0.39 is 10.0 Å². The Morgan fingerprint density at radius 1 is 1.10 bits per heavy atom. The maximum atomic E-state index is 12.9. The smallest absolute Gasteiger partial charge is 0.254 e. The van der Waals surface area contributed by atoms with Gasteiger partial charge in [-0.15, -0.1) is 11.3 Å². The number of piperidine rings is 1. The summed E-state index contributed by atoms with van der Waals surface area (Å²) in [7, 11) is -1.86. The van der Waals surface area contributed by atoms with Gasteiger partial charge in [0.05, 0.1) is 21.7 Å². The number of benzene rings is 2. The number of rotatable bonds is 5. The lowest BCUT2D eigenvalue weighted by Crippen LogP contribution is -2.35. The highest BCUT2D eigenvalue weighted by atomic mass is 32.2. The number of aromatic nitrogens is 1. The molecule has 4 rings (SSSR count). The fourth-order valence-electron chi connectivity index (χ4n) is 3.53. The van der Waals surface area contributed by atoms with Crippen LogP contribution in [0.4, 0.5) is 0 Å². The van der Waals surface area contributed by atoms with Gasteiger partial charge in [-0.25, -0.2) is 13.4 Å². The molecule has 1 aliphatic heterocycles. The molecule has 0 aliphatic carbocycles. The number of amides is 1. The van der Waals surface area contributed by atoms with Gasteiger partial charge in [0, 0.05) is 25.7 Å². The zero-order valence-electron chi connectivity index (χ0n) is 16.2. The first-order chi connectivity index (χ1) is 13.9. The molecule has 1 fully saturated rings. The van der Waals surface area contributed by atoms with Crippen LogP contribution in [0.2, 0.25) is 0 Å². The Morgan fingerprint density at radius 2 is 1.86 bits per heavy atom. The van der Waals surface area contributed by atoms with Crippen LogP contribution in [0.1, 0.15) is 34.6 Å². The number of para-hydroxylation sites is 1. The van der Waals surface area contributed by atoms with Crippen molar-refractivity contribution < 1.29 is 13.2 Å². The number of hydrogen-bond donors (Lipinski definition) is 0. The molecule has 0 bridgehead atoms. The molecule has 2 aromatic carbocycles. The Balaban J connectivity index is 1.53. The van der Waals surface area contributed by atoms with E-state index >= 15 is 0 Å². The third-order valence-corrected chi connectivity index (χ3v) is 8.01. The lowest BCUT2D eigenvalue weighted by molar-refractivity contribution is 0.0785. The van der Waals surface area contributed by atoms with Crippen molar-refractivity contribution >= 4 is 37.5 Å². The van der Waals surface area contributed by atoms with Crippen molar-refractivity contribution in [2.24, 2.45) is 0 Å². The third-order valence-electron chi connectivity index (χ3n) is 5.09. The lowest BCUT2D eigenvalue weighted by atomic mass is 10.2. The molecule has 1 saturated heterocycles. The van der Waals surface area contributed by atoms with Crippen molar-refractivity contribution in [3.05, 3.63) is 59.1 Å². The average Bonchev–Trinajstić information content (AvgIpc) is 3.16. The second-order valence-corrected chi connectivity index (χ2v) is 10.3. The van der Waals surface area contributed by atoms with E-state index in [1.807, 2.05) is 24.3 Å². The van der Waals surface area contributed by atoms with Crippen LogP contribution in [-0.2, 0) is 16.6 Å². The van der Waals surface area contributed by atoms with Crippen LogP contribution in [0.25, 0.3) is 10.2 Å². The molecule has 29 heavy (non-hydrogen) atoms. The Kier molecular flexibility index (Phi) is 5.67. The molecule has 152 valence electrons. The first-order valence-electron chi connectivity index (χ1n) is 9.65. The number of nitrogens with zero attached hydrogens (tertiary/aromatic N) is 3. The predicted octanol–water partition coefficient (Wildman–Crippen LogP) is 3.74. The van der Waals surface area contributed by atoms with Crippen LogP contribution in [0.15, 0.2) is 53.4 Å². The predicted molar refractivity (Wildman–Crippen MR) is 114 cm³/mol. The van der Waals surface area contributed by atoms with E-state index in [-0.39, 0.29) is 10.8 Å². The maximum Gasteiger partial charge on any atom is 0.254 e. The minimum Gasteiger partial charge on any atom is -0.335 e. The molecule has 8 heteroatoms. The normalized spacial score (nSPS) is 15.5. The molecule has 2 heterocycles. The highest BCUT2D eigenvalue weighted by Crippen LogP contribution is 2.24. The van der Waals surface area contributed by atoms with Gasteiger partial charge in [0.15, 0.2) is 0 Å². The van der Waals surface area contributed by atoms with Crippen molar-refractivity contribution in [1.29, 1.82) is 0 Å². The average molecular weight is 430 g/mol. The van der Waals surface area contributed by atoms with Crippen molar-refractivity contribution in [3.8, 4) is 0 Å². The molecule has 0 unspecified atom stereocenters. The second kappa shape index (κ2) is 8.22. The molecule has 0 radical (unpaired) electrons. The SMILES string of the molecule is CN(Cc1nc2ccccc2s1)C(=O)c1cccc(S(=O)(=O)N2CCCCC2)c1. The first kappa shape index (κ1) is 20.0. The Bertz CT molecular complexity index is 1100. The summed E-state index contributed by atoms with van der Waals surface area (Å²) in [6.07, 6.45) is 2.81. The fourth-order valence-corrected chi connectivity index (χ4v) is 6.11.